The third kappa shape index (κ3) is 3.58. The van der Waals surface area contributed by atoms with Gasteiger partial charge in [0.15, 0.2) is 5.03 Å². The summed E-state index contributed by atoms with van der Waals surface area (Å²) in [5.41, 5.74) is -0.244. The molecule has 0 atom stereocenters. The second-order valence-electron chi connectivity index (χ2n) is 4.21. The Morgan fingerprint density at radius 1 is 1.56 bits per heavy atom. The zero-order valence-corrected chi connectivity index (χ0v) is 10.5. The number of aromatic nitrogens is 2. The molecule has 0 aliphatic carbocycles. The molecule has 0 amide bonds. The van der Waals surface area contributed by atoms with E-state index in [0.29, 0.717) is 6.54 Å². The first-order valence-electron chi connectivity index (χ1n) is 4.84. The number of hydrogen-bond donors (Lipinski definition) is 1. The number of ether oxygens (including phenoxy) is 1. The highest BCUT2D eigenvalue weighted by Gasteiger charge is 2.17. The fourth-order valence-corrected chi connectivity index (χ4v) is 1.59. The molecule has 0 aliphatic rings. The summed E-state index contributed by atoms with van der Waals surface area (Å²) in [7, 11) is -2.06. The minimum Gasteiger partial charge on any atom is -0.379 e. The fraction of sp³-hybridized carbons (Fsp3) is 0.667. The topological polar surface area (TPSA) is 87.2 Å². The molecule has 0 bridgehead atoms. The van der Waals surface area contributed by atoms with Gasteiger partial charge in [-0.2, -0.15) is 0 Å². The highest BCUT2D eigenvalue weighted by atomic mass is 32.2. The molecule has 1 aromatic heterocycles. The minimum atomic E-state index is -3.70. The number of sulfonamides is 1. The van der Waals surface area contributed by atoms with Gasteiger partial charge >= 0.3 is 0 Å². The van der Waals surface area contributed by atoms with Crippen molar-refractivity contribution in [3.05, 3.63) is 12.5 Å². The van der Waals surface area contributed by atoms with E-state index in [1.807, 2.05) is 13.8 Å². The van der Waals surface area contributed by atoms with E-state index < -0.39 is 10.0 Å². The van der Waals surface area contributed by atoms with E-state index in [4.69, 9.17) is 9.88 Å². The lowest BCUT2D eigenvalue weighted by atomic mass is 10.1. The molecule has 0 unspecified atom stereocenters. The molecule has 1 aromatic rings. The smallest absolute Gasteiger partial charge is 0.257 e. The van der Waals surface area contributed by atoms with Crippen molar-refractivity contribution in [1.29, 1.82) is 0 Å². The molecular weight excluding hydrogens is 230 g/mol. The van der Waals surface area contributed by atoms with E-state index in [2.05, 4.69) is 4.98 Å². The van der Waals surface area contributed by atoms with E-state index in [1.54, 1.807) is 11.7 Å². The molecule has 0 saturated heterocycles. The number of nitrogens with two attached hydrogens (primary N) is 1. The normalized spacial score (nSPS) is 13.0. The molecule has 0 spiro atoms. The van der Waals surface area contributed by atoms with Crippen LogP contribution in [0.15, 0.2) is 17.6 Å². The van der Waals surface area contributed by atoms with Crippen LogP contribution >= 0.6 is 0 Å². The maximum absolute atomic E-state index is 11.0. The Labute approximate surface area is 95.5 Å². The molecule has 7 heteroatoms. The summed E-state index contributed by atoms with van der Waals surface area (Å²) < 4.78 is 28.9. The van der Waals surface area contributed by atoms with Gasteiger partial charge < -0.3 is 9.30 Å². The summed E-state index contributed by atoms with van der Waals surface area (Å²) in [6, 6.07) is 0. The molecule has 92 valence electrons. The zero-order valence-electron chi connectivity index (χ0n) is 9.67. The highest BCUT2D eigenvalue weighted by molar-refractivity contribution is 7.89. The van der Waals surface area contributed by atoms with Gasteiger partial charge in [-0.25, -0.2) is 18.5 Å². The van der Waals surface area contributed by atoms with Crippen LogP contribution in [0.4, 0.5) is 0 Å². The van der Waals surface area contributed by atoms with E-state index in [9.17, 15) is 8.42 Å². The maximum Gasteiger partial charge on any atom is 0.257 e. The summed E-state index contributed by atoms with van der Waals surface area (Å²) in [5.74, 6) is 0. The van der Waals surface area contributed by atoms with Crippen LogP contribution < -0.4 is 5.14 Å². The van der Waals surface area contributed by atoms with Crippen molar-refractivity contribution in [3.63, 3.8) is 0 Å². The molecule has 16 heavy (non-hydrogen) atoms. The average Bonchev–Trinajstić information content (AvgIpc) is 2.63. The van der Waals surface area contributed by atoms with E-state index >= 15 is 0 Å². The van der Waals surface area contributed by atoms with Crippen LogP contribution in [0.5, 0.6) is 0 Å². The molecule has 0 radical (unpaired) electrons. The van der Waals surface area contributed by atoms with Crippen molar-refractivity contribution in [2.75, 3.05) is 7.11 Å². The monoisotopic (exact) mass is 247 g/mol. The van der Waals surface area contributed by atoms with Crippen molar-refractivity contribution in [2.45, 2.75) is 37.4 Å². The third-order valence-electron chi connectivity index (χ3n) is 2.43. The van der Waals surface area contributed by atoms with Gasteiger partial charge in [0.1, 0.15) is 0 Å². The van der Waals surface area contributed by atoms with Crippen molar-refractivity contribution in [1.82, 2.24) is 9.55 Å². The number of aryl methyl sites for hydroxylation is 1. The minimum absolute atomic E-state index is 0.109. The number of hydrogen-bond acceptors (Lipinski definition) is 4. The Hall–Kier alpha value is -0.920. The van der Waals surface area contributed by atoms with E-state index in [0.717, 1.165) is 6.42 Å². The predicted molar refractivity (Wildman–Crippen MR) is 59.3 cm³/mol. The molecule has 0 fully saturated rings. The molecule has 0 aromatic carbocycles. The van der Waals surface area contributed by atoms with Crippen LogP contribution in [0.2, 0.25) is 0 Å². The van der Waals surface area contributed by atoms with Gasteiger partial charge in [-0.3, -0.25) is 0 Å². The lowest BCUT2D eigenvalue weighted by Crippen LogP contribution is -2.24. The van der Waals surface area contributed by atoms with Gasteiger partial charge in [-0.05, 0) is 20.3 Å². The van der Waals surface area contributed by atoms with Gasteiger partial charge in [0, 0.05) is 19.9 Å². The summed E-state index contributed by atoms with van der Waals surface area (Å²) in [4.78, 5) is 3.72. The Bertz CT molecular complexity index is 450. The SMILES string of the molecule is COC(C)(C)CCn1cnc(S(N)(=O)=O)c1. The second kappa shape index (κ2) is 4.52. The molecule has 0 saturated carbocycles. The first kappa shape index (κ1) is 13.1. The number of methoxy groups -OCH3 is 1. The van der Waals surface area contributed by atoms with Crippen LogP contribution in [0.1, 0.15) is 20.3 Å². The van der Waals surface area contributed by atoms with Crippen LogP contribution in [0.25, 0.3) is 0 Å². The standard InChI is InChI=1S/C9H17N3O3S/c1-9(2,15-3)4-5-12-6-8(11-7-12)16(10,13)14/h6-7H,4-5H2,1-3H3,(H2,10,13,14). The Morgan fingerprint density at radius 3 is 2.62 bits per heavy atom. The van der Waals surface area contributed by atoms with Crippen LogP contribution in [0.3, 0.4) is 0 Å². The van der Waals surface area contributed by atoms with Gasteiger partial charge in [0.2, 0.25) is 0 Å². The molecule has 1 heterocycles. The number of nitrogens with zero attached hydrogens (tertiary/aromatic N) is 2. The van der Waals surface area contributed by atoms with E-state index in [-0.39, 0.29) is 10.6 Å². The second-order valence-corrected chi connectivity index (χ2v) is 5.72. The van der Waals surface area contributed by atoms with E-state index in [1.165, 1.54) is 12.5 Å². The van der Waals surface area contributed by atoms with Crippen LogP contribution in [0, 0.1) is 0 Å². The molecular formula is C9H17N3O3S. The number of rotatable bonds is 5. The van der Waals surface area contributed by atoms with Gasteiger partial charge in [-0.15, -0.1) is 0 Å². The summed E-state index contributed by atoms with van der Waals surface area (Å²) in [6.07, 6.45) is 3.62. The average molecular weight is 247 g/mol. The highest BCUT2D eigenvalue weighted by Crippen LogP contribution is 2.14. The number of imidazole rings is 1. The van der Waals surface area contributed by atoms with Gasteiger partial charge in [0.25, 0.3) is 10.0 Å². The fourth-order valence-electron chi connectivity index (χ4n) is 1.11. The molecule has 6 nitrogen and oxygen atoms in total. The summed E-state index contributed by atoms with van der Waals surface area (Å²) in [5, 5.41) is 4.84. The first-order chi connectivity index (χ1) is 7.24. The van der Waals surface area contributed by atoms with Crippen molar-refractivity contribution in [2.24, 2.45) is 5.14 Å². The maximum atomic E-state index is 11.0. The van der Waals surface area contributed by atoms with Crippen molar-refractivity contribution < 1.29 is 13.2 Å². The Morgan fingerprint density at radius 2 is 2.19 bits per heavy atom. The largest absolute Gasteiger partial charge is 0.379 e. The summed E-state index contributed by atoms with van der Waals surface area (Å²) in [6.45, 7) is 4.55. The first-order valence-corrected chi connectivity index (χ1v) is 6.39. The van der Waals surface area contributed by atoms with Gasteiger partial charge in [-0.1, -0.05) is 0 Å². The zero-order chi connectivity index (χ0) is 12.4. The lowest BCUT2D eigenvalue weighted by Gasteiger charge is -2.22. The molecule has 0 aliphatic heterocycles. The van der Waals surface area contributed by atoms with Crippen molar-refractivity contribution in [3.8, 4) is 0 Å². The van der Waals surface area contributed by atoms with Crippen molar-refractivity contribution >= 4 is 10.0 Å². The molecule has 2 N–H and O–H groups in total. The molecule has 1 rings (SSSR count). The lowest BCUT2D eigenvalue weighted by molar-refractivity contribution is 0.0120. The number of primary sulfonamides is 1. The van der Waals surface area contributed by atoms with Crippen LogP contribution in [-0.2, 0) is 21.3 Å². The van der Waals surface area contributed by atoms with Gasteiger partial charge in [0.05, 0.1) is 11.9 Å². The quantitative estimate of drug-likeness (QED) is 0.813. The predicted octanol–water partition coefficient (Wildman–Crippen LogP) is 0.346. The third-order valence-corrected chi connectivity index (χ3v) is 3.22. The Balaban J connectivity index is 2.67. The van der Waals surface area contributed by atoms with Crippen LogP contribution in [-0.4, -0.2) is 30.7 Å². The Kier molecular flexibility index (Phi) is 3.72. The summed E-state index contributed by atoms with van der Waals surface area (Å²) >= 11 is 0.